The lowest BCUT2D eigenvalue weighted by molar-refractivity contribution is -0.139. The van der Waals surface area contributed by atoms with Gasteiger partial charge in [-0.15, -0.1) is 11.8 Å². The molecule has 2 rings (SSSR count). The van der Waals surface area contributed by atoms with Crippen molar-refractivity contribution in [3.05, 3.63) is 65.7 Å². The highest BCUT2D eigenvalue weighted by atomic mass is 32.2. The Hall–Kier alpha value is -2.47. The van der Waals surface area contributed by atoms with Crippen LogP contribution in [-0.4, -0.2) is 41.7 Å². The lowest BCUT2D eigenvalue weighted by Gasteiger charge is -2.31. The highest BCUT2D eigenvalue weighted by Crippen LogP contribution is 2.19. The number of ether oxygens (including phenoxy) is 1. The van der Waals surface area contributed by atoms with Gasteiger partial charge in [-0.25, -0.2) is 0 Å². The first-order chi connectivity index (χ1) is 14.4. The fraction of sp³-hybridized carbons (Fsp3) is 0.417. The summed E-state index contributed by atoms with van der Waals surface area (Å²) in [7, 11) is 1.62. The maximum absolute atomic E-state index is 13.2. The number of methoxy groups -OCH3 is 1. The van der Waals surface area contributed by atoms with Gasteiger partial charge in [0.1, 0.15) is 11.8 Å². The molecule has 0 fully saturated rings. The number of rotatable bonds is 11. The van der Waals surface area contributed by atoms with E-state index in [-0.39, 0.29) is 17.9 Å². The van der Waals surface area contributed by atoms with E-state index >= 15 is 0 Å². The summed E-state index contributed by atoms with van der Waals surface area (Å²) in [5.74, 6) is 1.72. The minimum absolute atomic E-state index is 0.0249. The molecule has 0 aliphatic heterocycles. The summed E-state index contributed by atoms with van der Waals surface area (Å²) in [4.78, 5) is 27.6. The van der Waals surface area contributed by atoms with Crippen molar-refractivity contribution in [3.63, 3.8) is 0 Å². The average Bonchev–Trinajstić information content (AvgIpc) is 2.74. The lowest BCUT2D eigenvalue weighted by Crippen LogP contribution is -2.50. The molecule has 0 bridgehead atoms. The summed E-state index contributed by atoms with van der Waals surface area (Å²) in [5, 5.41) is 2.96. The van der Waals surface area contributed by atoms with E-state index in [0.717, 1.165) is 17.1 Å². The average molecular weight is 429 g/mol. The van der Waals surface area contributed by atoms with Crippen LogP contribution in [0, 0.1) is 0 Å². The maximum atomic E-state index is 13.2. The topological polar surface area (TPSA) is 58.6 Å². The molecule has 6 heteroatoms. The molecule has 0 radical (unpaired) electrons. The standard InChI is InChI=1S/C24H32N2O3S/c1-5-22(24(28)25-18(2)3)26(15-19-11-13-21(29-4)14-12-19)23(27)17-30-16-20-9-7-6-8-10-20/h6-14,18,22H,5,15-17H2,1-4H3,(H,25,28). The van der Waals surface area contributed by atoms with E-state index in [4.69, 9.17) is 4.74 Å². The van der Waals surface area contributed by atoms with Crippen LogP contribution in [-0.2, 0) is 21.9 Å². The smallest absolute Gasteiger partial charge is 0.243 e. The third-order valence-electron chi connectivity index (χ3n) is 4.67. The molecule has 0 aliphatic carbocycles. The second-order valence-electron chi connectivity index (χ2n) is 7.44. The number of hydrogen-bond donors (Lipinski definition) is 1. The zero-order chi connectivity index (χ0) is 21.9. The van der Waals surface area contributed by atoms with Crippen LogP contribution in [0.25, 0.3) is 0 Å². The van der Waals surface area contributed by atoms with Gasteiger partial charge in [0.05, 0.1) is 12.9 Å². The molecule has 0 aromatic heterocycles. The summed E-state index contributed by atoms with van der Waals surface area (Å²) in [5.41, 5.74) is 2.15. The number of carbonyl (C=O) groups is 2. The first-order valence-corrected chi connectivity index (χ1v) is 11.4. The molecule has 1 N–H and O–H groups in total. The van der Waals surface area contributed by atoms with Gasteiger partial charge in [-0.2, -0.15) is 0 Å². The molecule has 0 spiro atoms. The van der Waals surface area contributed by atoms with Crippen LogP contribution in [0.4, 0.5) is 0 Å². The largest absolute Gasteiger partial charge is 0.497 e. The minimum Gasteiger partial charge on any atom is -0.497 e. The van der Waals surface area contributed by atoms with Gasteiger partial charge in [-0.3, -0.25) is 9.59 Å². The van der Waals surface area contributed by atoms with Gasteiger partial charge in [-0.1, -0.05) is 49.4 Å². The summed E-state index contributed by atoms with van der Waals surface area (Å²) in [6.07, 6.45) is 0.559. The van der Waals surface area contributed by atoms with Gasteiger partial charge in [0.25, 0.3) is 0 Å². The fourth-order valence-corrected chi connectivity index (χ4v) is 4.01. The number of amides is 2. The third kappa shape index (κ3) is 7.41. The van der Waals surface area contributed by atoms with Crippen molar-refractivity contribution in [2.75, 3.05) is 12.9 Å². The molecular weight excluding hydrogens is 396 g/mol. The third-order valence-corrected chi connectivity index (χ3v) is 5.65. The highest BCUT2D eigenvalue weighted by molar-refractivity contribution is 7.99. The Labute approximate surface area is 184 Å². The van der Waals surface area contributed by atoms with Crippen LogP contribution in [0.1, 0.15) is 38.3 Å². The van der Waals surface area contributed by atoms with Gasteiger partial charge in [0.15, 0.2) is 0 Å². The van der Waals surface area contributed by atoms with E-state index in [1.54, 1.807) is 23.8 Å². The number of thioether (sulfide) groups is 1. The summed E-state index contributed by atoms with van der Waals surface area (Å²) in [6, 6.07) is 17.2. The number of nitrogens with zero attached hydrogens (tertiary/aromatic N) is 1. The Morgan fingerprint density at radius 2 is 1.70 bits per heavy atom. The summed E-state index contributed by atoms with van der Waals surface area (Å²) in [6.45, 7) is 6.18. The summed E-state index contributed by atoms with van der Waals surface area (Å²) < 4.78 is 5.22. The van der Waals surface area contributed by atoms with Crippen molar-refractivity contribution in [2.24, 2.45) is 0 Å². The molecule has 0 saturated heterocycles. The van der Waals surface area contributed by atoms with E-state index in [9.17, 15) is 9.59 Å². The number of hydrogen-bond acceptors (Lipinski definition) is 4. The van der Waals surface area contributed by atoms with Crippen LogP contribution >= 0.6 is 11.8 Å². The summed E-state index contributed by atoms with van der Waals surface area (Å²) >= 11 is 1.57. The van der Waals surface area contributed by atoms with Crippen molar-refractivity contribution in [1.29, 1.82) is 0 Å². The number of carbonyl (C=O) groups excluding carboxylic acids is 2. The van der Waals surface area contributed by atoms with Crippen LogP contribution in [0.2, 0.25) is 0 Å². The van der Waals surface area contributed by atoms with E-state index in [1.165, 1.54) is 5.56 Å². The Bertz CT molecular complexity index is 794. The molecule has 1 atom stereocenters. The van der Waals surface area contributed by atoms with Crippen molar-refractivity contribution in [1.82, 2.24) is 10.2 Å². The van der Waals surface area contributed by atoms with Gasteiger partial charge >= 0.3 is 0 Å². The van der Waals surface area contributed by atoms with Gasteiger partial charge in [0.2, 0.25) is 11.8 Å². The number of nitrogens with one attached hydrogen (secondary N) is 1. The first kappa shape index (κ1) is 23.8. The van der Waals surface area contributed by atoms with E-state index in [2.05, 4.69) is 17.4 Å². The van der Waals surface area contributed by atoms with Crippen molar-refractivity contribution in [2.45, 2.75) is 51.6 Å². The SMILES string of the molecule is CCC(C(=O)NC(C)C)N(Cc1ccc(OC)cc1)C(=O)CSCc1ccccc1. The van der Waals surface area contributed by atoms with Crippen LogP contribution < -0.4 is 10.1 Å². The second-order valence-corrected chi connectivity index (χ2v) is 8.42. The van der Waals surface area contributed by atoms with E-state index in [0.29, 0.717) is 18.7 Å². The molecule has 162 valence electrons. The molecule has 0 saturated carbocycles. The minimum atomic E-state index is -0.501. The Morgan fingerprint density at radius 1 is 1.03 bits per heavy atom. The van der Waals surface area contributed by atoms with Crippen molar-refractivity contribution < 1.29 is 14.3 Å². The highest BCUT2D eigenvalue weighted by Gasteiger charge is 2.28. The molecule has 2 aromatic rings. The van der Waals surface area contributed by atoms with Gasteiger partial charge < -0.3 is 15.0 Å². The lowest BCUT2D eigenvalue weighted by atomic mass is 10.1. The zero-order valence-electron chi connectivity index (χ0n) is 18.3. The molecular formula is C24H32N2O3S. The molecule has 5 nitrogen and oxygen atoms in total. The predicted molar refractivity (Wildman–Crippen MR) is 124 cm³/mol. The number of benzene rings is 2. The van der Waals surface area contributed by atoms with Gasteiger partial charge in [-0.05, 0) is 43.5 Å². The fourth-order valence-electron chi connectivity index (χ4n) is 3.14. The normalized spacial score (nSPS) is 11.8. The molecule has 1 unspecified atom stereocenters. The molecule has 2 aromatic carbocycles. The van der Waals surface area contributed by atoms with Crippen LogP contribution in [0.15, 0.2) is 54.6 Å². The second kappa shape index (κ2) is 12.3. The molecule has 0 aliphatic rings. The van der Waals surface area contributed by atoms with Crippen LogP contribution in [0.3, 0.4) is 0 Å². The predicted octanol–water partition coefficient (Wildman–Crippen LogP) is 4.26. The Morgan fingerprint density at radius 3 is 2.27 bits per heavy atom. The van der Waals surface area contributed by atoms with E-state index < -0.39 is 6.04 Å². The molecule has 2 amide bonds. The monoisotopic (exact) mass is 428 g/mol. The quantitative estimate of drug-likeness (QED) is 0.581. The zero-order valence-corrected chi connectivity index (χ0v) is 19.1. The first-order valence-electron chi connectivity index (χ1n) is 10.3. The molecule has 0 heterocycles. The maximum Gasteiger partial charge on any atom is 0.243 e. The van der Waals surface area contributed by atoms with Crippen molar-refractivity contribution in [3.8, 4) is 5.75 Å². The Balaban J connectivity index is 2.12. The molecule has 30 heavy (non-hydrogen) atoms. The van der Waals surface area contributed by atoms with Crippen LogP contribution in [0.5, 0.6) is 5.75 Å². The van der Waals surface area contributed by atoms with E-state index in [1.807, 2.05) is 63.2 Å². The Kier molecular flexibility index (Phi) is 9.74. The van der Waals surface area contributed by atoms with Gasteiger partial charge in [0, 0.05) is 18.3 Å². The van der Waals surface area contributed by atoms with Crippen molar-refractivity contribution >= 4 is 23.6 Å².